The molecule has 0 unspecified atom stereocenters. The van der Waals surface area contributed by atoms with Gasteiger partial charge in [0.25, 0.3) is 0 Å². The van der Waals surface area contributed by atoms with E-state index in [1.54, 1.807) is 36.4 Å². The lowest BCUT2D eigenvalue weighted by atomic mass is 10.1. The number of nitrogens with one attached hydrogen (secondary N) is 1. The molecule has 9 heteroatoms. The molecule has 5 aromatic rings. The second-order valence-corrected chi connectivity index (χ2v) is 8.00. The highest BCUT2D eigenvalue weighted by Crippen LogP contribution is 2.32. The Bertz CT molecular complexity index is 1540. The highest BCUT2D eigenvalue weighted by molar-refractivity contribution is 6.32. The van der Waals surface area contributed by atoms with Crippen molar-refractivity contribution in [2.75, 3.05) is 5.32 Å². The van der Waals surface area contributed by atoms with Crippen LogP contribution in [0.1, 0.15) is 11.3 Å². The summed E-state index contributed by atoms with van der Waals surface area (Å²) in [6, 6.07) is 20.7. The zero-order valence-corrected chi connectivity index (χ0v) is 18.9. The van der Waals surface area contributed by atoms with Crippen LogP contribution >= 0.6 is 11.6 Å². The molecule has 0 atom stereocenters. The number of furan rings is 1. The number of rotatable bonds is 7. The topological polar surface area (TPSA) is 92.8 Å². The number of fused-ring (bicyclic) bond motifs is 1. The Balaban J connectivity index is 1.38. The van der Waals surface area contributed by atoms with Crippen molar-refractivity contribution in [1.29, 1.82) is 0 Å². The van der Waals surface area contributed by atoms with Crippen LogP contribution in [0.4, 0.5) is 15.9 Å². The predicted octanol–water partition coefficient (Wildman–Crippen LogP) is 6.81. The van der Waals surface area contributed by atoms with Gasteiger partial charge in [-0.05, 0) is 66.2 Å². The van der Waals surface area contributed by atoms with Crippen LogP contribution < -0.4 is 10.1 Å². The van der Waals surface area contributed by atoms with Crippen LogP contribution in [0, 0.1) is 5.82 Å². The normalized spacial score (nSPS) is 11.3. The van der Waals surface area contributed by atoms with Crippen molar-refractivity contribution in [2.24, 2.45) is 5.16 Å². The van der Waals surface area contributed by atoms with E-state index in [0.29, 0.717) is 39.4 Å². The zero-order chi connectivity index (χ0) is 24.2. The van der Waals surface area contributed by atoms with Gasteiger partial charge in [0.15, 0.2) is 0 Å². The second kappa shape index (κ2) is 9.82. The summed E-state index contributed by atoms with van der Waals surface area (Å²) in [7, 11) is 0. The summed E-state index contributed by atoms with van der Waals surface area (Å²) in [6.45, 7) is 0.197. The Morgan fingerprint density at radius 1 is 1.06 bits per heavy atom. The monoisotopic (exact) mass is 488 g/mol. The van der Waals surface area contributed by atoms with Crippen LogP contribution in [-0.4, -0.2) is 21.4 Å². The maximum absolute atomic E-state index is 13.4. The number of anilines is 2. The highest BCUT2D eigenvalue weighted by atomic mass is 35.5. The van der Waals surface area contributed by atoms with E-state index >= 15 is 0 Å². The van der Waals surface area contributed by atoms with Crippen LogP contribution in [0.25, 0.3) is 22.2 Å². The molecule has 0 bridgehead atoms. The number of hydrogen-bond donors (Lipinski definition) is 2. The molecule has 35 heavy (non-hydrogen) atoms. The van der Waals surface area contributed by atoms with Gasteiger partial charge in [0.05, 0.1) is 10.5 Å². The van der Waals surface area contributed by atoms with E-state index in [-0.39, 0.29) is 12.4 Å². The quantitative estimate of drug-likeness (QED) is 0.148. The number of hydrogen-bond acceptors (Lipinski definition) is 7. The summed E-state index contributed by atoms with van der Waals surface area (Å²) in [4.78, 5) is 8.73. The molecular weight excluding hydrogens is 471 g/mol. The van der Waals surface area contributed by atoms with Crippen molar-refractivity contribution < 1.29 is 18.8 Å². The first-order valence-electron chi connectivity index (χ1n) is 10.6. The summed E-state index contributed by atoms with van der Waals surface area (Å²) in [5, 5.41) is 16.1. The van der Waals surface area contributed by atoms with Gasteiger partial charge in [0.1, 0.15) is 48.1 Å². The van der Waals surface area contributed by atoms with E-state index in [2.05, 4.69) is 20.4 Å². The molecule has 0 amide bonds. The molecule has 7 nitrogen and oxygen atoms in total. The molecule has 0 saturated heterocycles. The van der Waals surface area contributed by atoms with E-state index in [1.165, 1.54) is 24.7 Å². The first-order chi connectivity index (χ1) is 17.1. The van der Waals surface area contributed by atoms with Gasteiger partial charge in [0.2, 0.25) is 0 Å². The number of aromatic nitrogens is 2. The van der Waals surface area contributed by atoms with Crippen LogP contribution in [0.5, 0.6) is 5.75 Å². The molecular formula is C26H18ClFN4O3. The lowest BCUT2D eigenvalue weighted by Gasteiger charge is -2.12. The van der Waals surface area contributed by atoms with Crippen molar-refractivity contribution in [2.45, 2.75) is 6.61 Å². The molecule has 0 spiro atoms. The molecule has 2 heterocycles. The van der Waals surface area contributed by atoms with Crippen molar-refractivity contribution in [1.82, 2.24) is 9.97 Å². The molecule has 2 N–H and O–H groups in total. The van der Waals surface area contributed by atoms with Crippen molar-refractivity contribution in [3.8, 4) is 17.1 Å². The van der Waals surface area contributed by atoms with Gasteiger partial charge in [-0.1, -0.05) is 28.9 Å². The first-order valence-corrected chi connectivity index (χ1v) is 10.9. The molecule has 3 aromatic carbocycles. The minimum Gasteiger partial charge on any atom is -0.487 e. The first kappa shape index (κ1) is 22.4. The van der Waals surface area contributed by atoms with Crippen molar-refractivity contribution >= 4 is 40.2 Å². The second-order valence-electron chi connectivity index (χ2n) is 7.59. The fraction of sp³-hybridized carbons (Fsp3) is 0.0385. The number of ether oxygens (including phenoxy) is 1. The fourth-order valence-electron chi connectivity index (χ4n) is 3.56. The highest BCUT2D eigenvalue weighted by Gasteiger charge is 2.11. The number of benzene rings is 3. The fourth-order valence-corrected chi connectivity index (χ4v) is 3.80. The van der Waals surface area contributed by atoms with Gasteiger partial charge in [-0.2, -0.15) is 0 Å². The van der Waals surface area contributed by atoms with E-state index in [1.807, 2.05) is 24.3 Å². The average molecular weight is 489 g/mol. The van der Waals surface area contributed by atoms with Crippen LogP contribution in [-0.2, 0) is 6.61 Å². The Kier molecular flexibility index (Phi) is 6.28. The summed E-state index contributed by atoms with van der Waals surface area (Å²) >= 11 is 6.43. The van der Waals surface area contributed by atoms with Gasteiger partial charge >= 0.3 is 0 Å². The molecule has 0 radical (unpaired) electrons. The largest absolute Gasteiger partial charge is 0.487 e. The third kappa shape index (κ3) is 5.07. The Morgan fingerprint density at radius 2 is 1.97 bits per heavy atom. The zero-order valence-electron chi connectivity index (χ0n) is 18.2. The minimum atomic E-state index is -0.316. The van der Waals surface area contributed by atoms with Crippen LogP contribution in [0.2, 0.25) is 5.02 Å². The van der Waals surface area contributed by atoms with E-state index in [9.17, 15) is 4.39 Å². The van der Waals surface area contributed by atoms with Gasteiger partial charge in [0, 0.05) is 16.6 Å². The Morgan fingerprint density at radius 3 is 2.80 bits per heavy atom. The van der Waals surface area contributed by atoms with Crippen molar-refractivity contribution in [3.05, 3.63) is 101 Å². The molecule has 0 aliphatic carbocycles. The standard InChI is InChI=1S/C26H18ClFN4O3/c27-22-12-19(5-8-25(22)34-14-16-2-1-3-18(28)10-16)32-26-21-11-17(4-7-23(21)29-15-30-26)24-9-6-20(35-24)13-31-33/h1-13,15,33H,14H2,(H,29,30,32)/b31-13+. The maximum atomic E-state index is 13.4. The third-order valence-corrected chi connectivity index (χ3v) is 5.50. The summed E-state index contributed by atoms with van der Waals surface area (Å²) < 4.78 is 24.8. The maximum Gasteiger partial charge on any atom is 0.149 e. The van der Waals surface area contributed by atoms with E-state index < -0.39 is 0 Å². The molecule has 0 fully saturated rings. The average Bonchev–Trinajstić information content (AvgIpc) is 3.32. The Labute approximate surface area is 204 Å². The summed E-state index contributed by atoms with van der Waals surface area (Å²) in [6.07, 6.45) is 2.70. The molecule has 5 rings (SSSR count). The van der Waals surface area contributed by atoms with Crippen LogP contribution in [0.3, 0.4) is 0 Å². The summed E-state index contributed by atoms with van der Waals surface area (Å²) in [5.41, 5.74) is 2.97. The smallest absolute Gasteiger partial charge is 0.149 e. The minimum absolute atomic E-state index is 0.197. The molecule has 2 aromatic heterocycles. The number of halogens is 2. The van der Waals surface area contributed by atoms with E-state index in [4.69, 9.17) is 26.0 Å². The van der Waals surface area contributed by atoms with Crippen LogP contribution in [0.15, 0.2) is 88.7 Å². The third-order valence-electron chi connectivity index (χ3n) is 5.21. The number of oxime groups is 1. The SMILES string of the molecule is O/N=C/c1ccc(-c2ccc3ncnc(Nc4ccc(OCc5cccc(F)c5)c(Cl)c4)c3c2)o1. The molecule has 0 aliphatic rings. The van der Waals surface area contributed by atoms with Gasteiger partial charge in [-0.3, -0.25) is 0 Å². The molecule has 0 saturated carbocycles. The molecule has 174 valence electrons. The van der Waals surface area contributed by atoms with E-state index in [0.717, 1.165) is 16.5 Å². The van der Waals surface area contributed by atoms with Gasteiger partial charge in [-0.15, -0.1) is 0 Å². The number of nitrogens with zero attached hydrogens (tertiary/aromatic N) is 3. The Hall–Kier alpha value is -4.43. The lowest BCUT2D eigenvalue weighted by Crippen LogP contribution is -1.98. The molecule has 0 aliphatic heterocycles. The van der Waals surface area contributed by atoms with Gasteiger partial charge < -0.3 is 19.7 Å². The van der Waals surface area contributed by atoms with Crippen molar-refractivity contribution in [3.63, 3.8) is 0 Å². The predicted molar refractivity (Wildman–Crippen MR) is 132 cm³/mol. The lowest BCUT2D eigenvalue weighted by molar-refractivity contribution is 0.306. The van der Waals surface area contributed by atoms with Gasteiger partial charge in [-0.25, -0.2) is 14.4 Å². The summed E-state index contributed by atoms with van der Waals surface area (Å²) in [5.74, 6) is 1.80.